The fourth-order valence-corrected chi connectivity index (χ4v) is 2.55. The molecule has 0 bridgehead atoms. The van der Waals surface area contributed by atoms with E-state index >= 15 is 0 Å². The fraction of sp³-hybridized carbons (Fsp3) is 0.765. The quantitative estimate of drug-likeness (QED) is 0.648. The van der Waals surface area contributed by atoms with Gasteiger partial charge in [-0.05, 0) is 12.3 Å². The fourth-order valence-electron chi connectivity index (χ4n) is 2.55. The van der Waals surface area contributed by atoms with Gasteiger partial charge in [0.25, 0.3) is 0 Å². The van der Waals surface area contributed by atoms with Gasteiger partial charge < -0.3 is 18.8 Å². The molecule has 1 aromatic rings. The molecule has 1 aliphatic rings. The lowest BCUT2D eigenvalue weighted by molar-refractivity contribution is 0.0879. The number of unbranched alkanes of at least 4 members (excludes halogenated alkanes) is 1. The van der Waals surface area contributed by atoms with E-state index in [9.17, 15) is 0 Å². The number of nitrogens with zero attached hydrogens (tertiary/aromatic N) is 1. The summed E-state index contributed by atoms with van der Waals surface area (Å²) >= 11 is 0. The number of hydrogen-bond acceptors (Lipinski definition) is 3. The van der Waals surface area contributed by atoms with Crippen molar-refractivity contribution < 1.29 is 14.2 Å². The molecule has 1 aromatic heterocycles. The lowest BCUT2D eigenvalue weighted by Crippen LogP contribution is -2.12. The molecule has 0 aliphatic carbocycles. The zero-order chi connectivity index (χ0) is 14.9. The number of hydrogen-bond donors (Lipinski definition) is 0. The molecule has 0 spiro atoms. The van der Waals surface area contributed by atoms with E-state index in [1.165, 1.54) is 25.7 Å². The van der Waals surface area contributed by atoms with Crippen molar-refractivity contribution in [3.8, 4) is 11.5 Å². The minimum atomic E-state index is 0.706. The van der Waals surface area contributed by atoms with Gasteiger partial charge in [-0.2, -0.15) is 0 Å². The monoisotopic (exact) mass is 295 g/mol. The molecule has 0 amide bonds. The molecule has 0 N–H and O–H groups in total. The average Bonchev–Trinajstić information content (AvgIpc) is 2.76. The SMILES string of the molecule is CCCCC(CC)COCCn1cc2c(c1)OCCCO2. The van der Waals surface area contributed by atoms with Gasteiger partial charge >= 0.3 is 0 Å². The maximum Gasteiger partial charge on any atom is 0.178 e. The van der Waals surface area contributed by atoms with E-state index < -0.39 is 0 Å². The zero-order valence-electron chi connectivity index (χ0n) is 13.5. The van der Waals surface area contributed by atoms with Crippen molar-refractivity contribution in [2.24, 2.45) is 5.92 Å². The van der Waals surface area contributed by atoms with Crippen molar-refractivity contribution in [3.05, 3.63) is 12.4 Å². The topological polar surface area (TPSA) is 32.6 Å². The first-order valence-electron chi connectivity index (χ1n) is 8.36. The third kappa shape index (κ3) is 5.27. The van der Waals surface area contributed by atoms with Crippen LogP contribution in [0.25, 0.3) is 0 Å². The molecule has 2 heterocycles. The smallest absolute Gasteiger partial charge is 0.178 e. The molecule has 0 aromatic carbocycles. The first-order valence-corrected chi connectivity index (χ1v) is 8.36. The van der Waals surface area contributed by atoms with Gasteiger partial charge in [0.1, 0.15) is 0 Å². The second kappa shape index (κ2) is 8.98. The summed E-state index contributed by atoms with van der Waals surface area (Å²) in [6.07, 6.45) is 10.0. The summed E-state index contributed by atoms with van der Waals surface area (Å²) < 4.78 is 19.2. The molecule has 21 heavy (non-hydrogen) atoms. The van der Waals surface area contributed by atoms with Crippen molar-refractivity contribution in [3.63, 3.8) is 0 Å². The Morgan fingerprint density at radius 2 is 1.90 bits per heavy atom. The van der Waals surface area contributed by atoms with Crippen LogP contribution in [0.15, 0.2) is 12.4 Å². The number of fused-ring (bicyclic) bond motifs is 1. The van der Waals surface area contributed by atoms with Crippen LogP contribution in [-0.4, -0.2) is 31.0 Å². The molecule has 1 aliphatic heterocycles. The Balaban J connectivity index is 1.68. The van der Waals surface area contributed by atoms with Crippen LogP contribution in [0, 0.1) is 5.92 Å². The van der Waals surface area contributed by atoms with Gasteiger partial charge in [-0.15, -0.1) is 0 Å². The Morgan fingerprint density at radius 1 is 1.19 bits per heavy atom. The van der Waals surface area contributed by atoms with Crippen LogP contribution in [0.4, 0.5) is 0 Å². The van der Waals surface area contributed by atoms with E-state index in [1.54, 1.807) is 0 Å². The lowest BCUT2D eigenvalue weighted by atomic mass is 10.0. The van der Waals surface area contributed by atoms with Gasteiger partial charge in [0.15, 0.2) is 11.5 Å². The third-order valence-corrected chi connectivity index (χ3v) is 4.00. The summed E-state index contributed by atoms with van der Waals surface area (Å²) in [6.45, 7) is 8.45. The minimum absolute atomic E-state index is 0.706. The van der Waals surface area contributed by atoms with Crippen molar-refractivity contribution in [2.75, 3.05) is 26.4 Å². The summed E-state index contributed by atoms with van der Waals surface area (Å²) in [6, 6.07) is 0. The Hall–Kier alpha value is -1.16. The van der Waals surface area contributed by atoms with E-state index in [4.69, 9.17) is 14.2 Å². The van der Waals surface area contributed by atoms with E-state index in [0.29, 0.717) is 5.92 Å². The van der Waals surface area contributed by atoms with Crippen LogP contribution in [0.1, 0.15) is 46.0 Å². The first kappa shape index (κ1) is 16.2. The van der Waals surface area contributed by atoms with Crippen molar-refractivity contribution >= 4 is 0 Å². The van der Waals surface area contributed by atoms with E-state index in [1.807, 2.05) is 12.4 Å². The largest absolute Gasteiger partial charge is 0.488 e. The van der Waals surface area contributed by atoms with Crippen LogP contribution in [0.2, 0.25) is 0 Å². The molecule has 0 saturated heterocycles. The molecule has 120 valence electrons. The molecular formula is C17H29NO3. The van der Waals surface area contributed by atoms with Gasteiger partial charge in [-0.3, -0.25) is 0 Å². The Kier molecular flexibility index (Phi) is 6.93. The summed E-state index contributed by atoms with van der Waals surface area (Å²) in [5.74, 6) is 2.43. The molecule has 4 heteroatoms. The minimum Gasteiger partial charge on any atom is -0.488 e. The van der Waals surface area contributed by atoms with Crippen LogP contribution in [0.3, 0.4) is 0 Å². The van der Waals surface area contributed by atoms with Crippen LogP contribution < -0.4 is 9.47 Å². The summed E-state index contributed by atoms with van der Waals surface area (Å²) in [4.78, 5) is 0. The second-order valence-electron chi connectivity index (χ2n) is 5.77. The highest BCUT2D eigenvalue weighted by Gasteiger charge is 2.13. The Bertz CT molecular complexity index is 379. The highest BCUT2D eigenvalue weighted by Crippen LogP contribution is 2.30. The standard InChI is InChI=1S/C17H29NO3/c1-3-5-7-15(4-2)14-19-11-8-18-12-16-17(13-18)21-10-6-9-20-16/h12-13,15H,3-11,14H2,1-2H3. The normalized spacial score (nSPS) is 15.7. The molecule has 0 saturated carbocycles. The summed E-state index contributed by atoms with van der Waals surface area (Å²) in [5, 5.41) is 0. The van der Waals surface area contributed by atoms with E-state index in [0.717, 1.165) is 50.9 Å². The van der Waals surface area contributed by atoms with Crippen molar-refractivity contribution in [2.45, 2.75) is 52.5 Å². The van der Waals surface area contributed by atoms with Gasteiger partial charge in [0.05, 0.1) is 32.2 Å². The summed E-state index contributed by atoms with van der Waals surface area (Å²) in [7, 11) is 0. The molecule has 0 radical (unpaired) electrons. The van der Waals surface area contributed by atoms with Gasteiger partial charge in [0.2, 0.25) is 0 Å². The molecule has 1 unspecified atom stereocenters. The zero-order valence-corrected chi connectivity index (χ0v) is 13.5. The van der Waals surface area contributed by atoms with E-state index in [-0.39, 0.29) is 0 Å². The maximum absolute atomic E-state index is 5.84. The average molecular weight is 295 g/mol. The summed E-state index contributed by atoms with van der Waals surface area (Å²) in [5.41, 5.74) is 0. The number of aromatic nitrogens is 1. The second-order valence-corrected chi connectivity index (χ2v) is 5.77. The number of rotatable bonds is 9. The first-order chi connectivity index (χ1) is 10.3. The van der Waals surface area contributed by atoms with Crippen molar-refractivity contribution in [1.29, 1.82) is 0 Å². The van der Waals surface area contributed by atoms with Crippen LogP contribution in [-0.2, 0) is 11.3 Å². The maximum atomic E-state index is 5.84. The Morgan fingerprint density at radius 3 is 2.52 bits per heavy atom. The highest BCUT2D eigenvalue weighted by molar-refractivity contribution is 5.38. The van der Waals surface area contributed by atoms with Crippen molar-refractivity contribution in [1.82, 2.24) is 4.57 Å². The van der Waals surface area contributed by atoms with E-state index in [2.05, 4.69) is 18.4 Å². The predicted octanol–water partition coefficient (Wildman–Crippen LogP) is 3.88. The Labute approximate surface area is 128 Å². The van der Waals surface area contributed by atoms with Crippen LogP contribution >= 0.6 is 0 Å². The molecular weight excluding hydrogens is 266 g/mol. The van der Waals surface area contributed by atoms with Gasteiger partial charge in [-0.1, -0.05) is 33.1 Å². The van der Waals surface area contributed by atoms with Crippen LogP contribution in [0.5, 0.6) is 11.5 Å². The lowest BCUT2D eigenvalue weighted by Gasteiger charge is -2.14. The van der Waals surface area contributed by atoms with Gasteiger partial charge in [-0.25, -0.2) is 0 Å². The third-order valence-electron chi connectivity index (χ3n) is 4.00. The number of ether oxygens (including phenoxy) is 3. The predicted molar refractivity (Wildman–Crippen MR) is 84.2 cm³/mol. The molecule has 1 atom stereocenters. The molecule has 0 fully saturated rings. The highest BCUT2D eigenvalue weighted by atomic mass is 16.5. The molecule has 2 rings (SSSR count). The van der Waals surface area contributed by atoms with Gasteiger partial charge in [0, 0.05) is 19.6 Å². The molecule has 4 nitrogen and oxygen atoms in total.